The van der Waals surface area contributed by atoms with Crippen molar-refractivity contribution >= 4 is 10.9 Å². The summed E-state index contributed by atoms with van der Waals surface area (Å²) in [4.78, 5) is 5.89. The number of nitrogens with zero attached hydrogens (tertiary/aromatic N) is 1. The van der Waals surface area contributed by atoms with Gasteiger partial charge in [-0.2, -0.15) is 0 Å². The lowest BCUT2D eigenvalue weighted by atomic mass is 10.1. The molecule has 2 N–H and O–H groups in total. The molecule has 3 rings (SSSR count). The van der Waals surface area contributed by atoms with Gasteiger partial charge in [0, 0.05) is 35.6 Å². The molecule has 1 atom stereocenters. The molecular weight excluding hydrogens is 212 g/mol. The van der Waals surface area contributed by atoms with Crippen molar-refractivity contribution in [3.8, 4) is 5.75 Å². The van der Waals surface area contributed by atoms with Crippen LogP contribution in [0.2, 0.25) is 0 Å². The first-order chi connectivity index (χ1) is 8.15. The Morgan fingerprint density at radius 1 is 1.41 bits per heavy atom. The third kappa shape index (κ3) is 1.71. The summed E-state index contributed by atoms with van der Waals surface area (Å²) in [6.07, 6.45) is 2.11. The zero-order valence-electron chi connectivity index (χ0n) is 10.3. The van der Waals surface area contributed by atoms with Crippen molar-refractivity contribution in [1.82, 2.24) is 9.88 Å². The molecule has 0 radical (unpaired) electrons. The molecule has 1 aliphatic heterocycles. The lowest BCUT2D eigenvalue weighted by molar-refractivity contribution is 0.267. The first-order valence-electron chi connectivity index (χ1n) is 6.18. The Kier molecular flexibility index (Phi) is 2.37. The molecule has 1 aliphatic rings. The van der Waals surface area contributed by atoms with E-state index in [-0.39, 0.29) is 0 Å². The molecule has 3 nitrogen and oxygen atoms in total. The number of aromatic nitrogens is 1. The highest BCUT2D eigenvalue weighted by molar-refractivity contribution is 5.86. The van der Waals surface area contributed by atoms with E-state index in [4.69, 9.17) is 0 Å². The molecule has 0 spiro atoms. The first-order valence-corrected chi connectivity index (χ1v) is 6.18. The van der Waals surface area contributed by atoms with Crippen molar-refractivity contribution in [3.05, 3.63) is 29.5 Å². The van der Waals surface area contributed by atoms with E-state index in [1.54, 1.807) is 6.07 Å². The van der Waals surface area contributed by atoms with Gasteiger partial charge < -0.3 is 15.0 Å². The van der Waals surface area contributed by atoms with Gasteiger partial charge in [-0.1, -0.05) is 0 Å². The molecule has 0 aliphatic carbocycles. The van der Waals surface area contributed by atoms with Gasteiger partial charge in [0.25, 0.3) is 0 Å². The van der Waals surface area contributed by atoms with E-state index >= 15 is 0 Å². The van der Waals surface area contributed by atoms with Crippen LogP contribution in [0.4, 0.5) is 0 Å². The largest absolute Gasteiger partial charge is 0.508 e. The van der Waals surface area contributed by atoms with E-state index in [1.165, 1.54) is 16.6 Å². The van der Waals surface area contributed by atoms with Gasteiger partial charge in [-0.25, -0.2) is 0 Å². The molecule has 1 unspecified atom stereocenters. The molecule has 90 valence electrons. The highest BCUT2D eigenvalue weighted by Crippen LogP contribution is 2.29. The minimum Gasteiger partial charge on any atom is -0.508 e. The highest BCUT2D eigenvalue weighted by atomic mass is 16.3. The van der Waals surface area contributed by atoms with Crippen LogP contribution in [0.15, 0.2) is 18.2 Å². The van der Waals surface area contributed by atoms with Crippen LogP contribution in [-0.4, -0.2) is 34.6 Å². The molecule has 2 aromatic rings. The lowest BCUT2D eigenvalue weighted by Crippen LogP contribution is -2.30. The fourth-order valence-corrected chi connectivity index (χ4v) is 2.71. The number of phenols is 1. The van der Waals surface area contributed by atoms with Gasteiger partial charge >= 0.3 is 0 Å². The topological polar surface area (TPSA) is 39.3 Å². The zero-order valence-corrected chi connectivity index (χ0v) is 10.3. The Morgan fingerprint density at radius 2 is 2.24 bits per heavy atom. The first kappa shape index (κ1) is 10.7. The molecule has 0 saturated carbocycles. The number of hydrogen-bond acceptors (Lipinski definition) is 2. The molecule has 0 bridgehead atoms. The van der Waals surface area contributed by atoms with Crippen LogP contribution in [0.1, 0.15) is 18.2 Å². The summed E-state index contributed by atoms with van der Waals surface area (Å²) in [5.41, 5.74) is 3.86. The van der Waals surface area contributed by atoms with E-state index in [1.807, 2.05) is 12.1 Å². The second-order valence-electron chi connectivity index (χ2n) is 5.10. The van der Waals surface area contributed by atoms with Crippen LogP contribution in [0.25, 0.3) is 10.9 Å². The van der Waals surface area contributed by atoms with Crippen molar-refractivity contribution in [2.24, 2.45) is 0 Å². The number of rotatable bonds is 0. The summed E-state index contributed by atoms with van der Waals surface area (Å²) in [7, 11) is 2.18. The summed E-state index contributed by atoms with van der Waals surface area (Å²) in [5.74, 6) is 0.352. The average molecular weight is 230 g/mol. The van der Waals surface area contributed by atoms with Crippen molar-refractivity contribution in [2.45, 2.75) is 25.8 Å². The van der Waals surface area contributed by atoms with E-state index in [9.17, 15) is 5.11 Å². The van der Waals surface area contributed by atoms with Gasteiger partial charge in [0.15, 0.2) is 0 Å². The van der Waals surface area contributed by atoms with E-state index in [0.717, 1.165) is 24.9 Å². The number of hydrogen-bond donors (Lipinski definition) is 2. The maximum absolute atomic E-state index is 9.60. The molecule has 1 aromatic heterocycles. The number of aromatic hydroxyl groups is 1. The van der Waals surface area contributed by atoms with Gasteiger partial charge in [-0.15, -0.1) is 0 Å². The minimum atomic E-state index is 0.352. The molecule has 17 heavy (non-hydrogen) atoms. The number of phenolic OH excluding ortho intramolecular Hbond substituents is 1. The minimum absolute atomic E-state index is 0.352. The summed E-state index contributed by atoms with van der Waals surface area (Å²) in [6.45, 7) is 3.34. The maximum Gasteiger partial charge on any atom is 0.116 e. The van der Waals surface area contributed by atoms with Gasteiger partial charge in [-0.05, 0) is 44.2 Å². The molecule has 3 heteroatoms. The van der Waals surface area contributed by atoms with E-state index in [0.29, 0.717) is 11.8 Å². The number of H-pyrrole nitrogens is 1. The summed E-state index contributed by atoms with van der Waals surface area (Å²) in [6, 6.07) is 6.15. The van der Waals surface area contributed by atoms with Crippen LogP contribution in [-0.2, 0) is 12.8 Å². The van der Waals surface area contributed by atoms with E-state index < -0.39 is 0 Å². The SMILES string of the molecule is CC1Cc2[nH]c3ccc(O)cc3c2CCN1C. The molecular formula is C14H18N2O. The summed E-state index contributed by atoms with van der Waals surface area (Å²) >= 11 is 0. The summed E-state index contributed by atoms with van der Waals surface area (Å²) in [5, 5.41) is 10.8. The number of likely N-dealkylation sites (N-methyl/N-ethyl adjacent to an activating group) is 1. The quantitative estimate of drug-likeness (QED) is 0.729. The highest BCUT2D eigenvalue weighted by Gasteiger charge is 2.20. The Morgan fingerprint density at radius 3 is 3.06 bits per heavy atom. The Balaban J connectivity index is 2.15. The monoisotopic (exact) mass is 230 g/mol. The van der Waals surface area contributed by atoms with Crippen LogP contribution < -0.4 is 0 Å². The smallest absolute Gasteiger partial charge is 0.116 e. The molecule has 1 aromatic carbocycles. The van der Waals surface area contributed by atoms with Crippen LogP contribution in [0.5, 0.6) is 5.75 Å². The molecule has 0 fully saturated rings. The van der Waals surface area contributed by atoms with Crippen molar-refractivity contribution in [1.29, 1.82) is 0 Å². The number of aromatic amines is 1. The number of nitrogens with one attached hydrogen (secondary N) is 1. The van der Waals surface area contributed by atoms with Crippen molar-refractivity contribution in [3.63, 3.8) is 0 Å². The Labute approximate surface area is 101 Å². The predicted octanol–water partition coefficient (Wildman–Crippen LogP) is 2.29. The fraction of sp³-hybridized carbons (Fsp3) is 0.429. The second kappa shape index (κ2) is 3.77. The predicted molar refractivity (Wildman–Crippen MR) is 69.5 cm³/mol. The fourth-order valence-electron chi connectivity index (χ4n) is 2.71. The molecule has 0 amide bonds. The second-order valence-corrected chi connectivity index (χ2v) is 5.10. The standard InChI is InChI=1S/C14H18N2O/c1-9-7-14-11(5-6-16(9)2)12-8-10(17)3-4-13(12)15-14/h3-4,8-9,15,17H,5-7H2,1-2H3. The summed E-state index contributed by atoms with van der Waals surface area (Å²) < 4.78 is 0. The third-order valence-electron chi connectivity index (χ3n) is 3.94. The maximum atomic E-state index is 9.60. The van der Waals surface area contributed by atoms with Crippen molar-refractivity contribution < 1.29 is 5.11 Å². The third-order valence-corrected chi connectivity index (χ3v) is 3.94. The van der Waals surface area contributed by atoms with E-state index in [2.05, 4.69) is 23.9 Å². The average Bonchev–Trinajstić information content (AvgIpc) is 2.55. The number of fused-ring (bicyclic) bond motifs is 3. The van der Waals surface area contributed by atoms with Crippen molar-refractivity contribution in [2.75, 3.05) is 13.6 Å². The Hall–Kier alpha value is -1.48. The van der Waals surface area contributed by atoms with Gasteiger partial charge in [0.05, 0.1) is 0 Å². The normalized spacial score (nSPS) is 21.4. The molecule has 2 heterocycles. The lowest BCUT2D eigenvalue weighted by Gasteiger charge is -2.21. The van der Waals surface area contributed by atoms with Gasteiger partial charge in [0.2, 0.25) is 0 Å². The van der Waals surface area contributed by atoms with Gasteiger partial charge in [-0.3, -0.25) is 0 Å². The number of benzene rings is 1. The van der Waals surface area contributed by atoms with Crippen LogP contribution >= 0.6 is 0 Å². The van der Waals surface area contributed by atoms with Crippen LogP contribution in [0.3, 0.4) is 0 Å². The molecule has 0 saturated heterocycles. The van der Waals surface area contributed by atoms with Crippen LogP contribution in [0, 0.1) is 0 Å². The van der Waals surface area contributed by atoms with Gasteiger partial charge in [0.1, 0.15) is 5.75 Å². The Bertz CT molecular complexity index is 559. The zero-order chi connectivity index (χ0) is 12.0.